The van der Waals surface area contributed by atoms with E-state index in [-0.39, 0.29) is 11.8 Å². The number of piperidine rings is 1. The van der Waals surface area contributed by atoms with Gasteiger partial charge in [0.15, 0.2) is 11.5 Å². The number of amides is 2. The first-order chi connectivity index (χ1) is 14.9. The van der Waals surface area contributed by atoms with E-state index < -0.39 is 5.41 Å². The molecule has 7 heteroatoms. The highest BCUT2D eigenvalue weighted by Gasteiger charge is 2.39. The number of carbonyl (C=O) groups is 2. The normalized spacial score (nSPS) is 18.3. The number of hydrogen-bond acceptors (Lipinski definition) is 5. The van der Waals surface area contributed by atoms with E-state index in [0.29, 0.717) is 42.4 Å². The van der Waals surface area contributed by atoms with Crippen molar-refractivity contribution in [1.82, 2.24) is 10.2 Å². The van der Waals surface area contributed by atoms with Crippen LogP contribution in [0, 0.1) is 5.41 Å². The molecule has 0 aromatic heterocycles. The lowest BCUT2D eigenvalue weighted by atomic mass is 9.80. The molecule has 0 aliphatic carbocycles. The van der Waals surface area contributed by atoms with Crippen LogP contribution in [0.2, 0.25) is 0 Å². The monoisotopic (exact) mass is 426 g/mol. The average Bonchev–Trinajstić information content (AvgIpc) is 2.81. The Morgan fingerprint density at radius 2 is 1.68 bits per heavy atom. The highest BCUT2D eigenvalue weighted by atomic mass is 16.5. The minimum absolute atomic E-state index is 0.0428. The molecule has 0 spiro atoms. The summed E-state index contributed by atoms with van der Waals surface area (Å²) in [6.07, 6.45) is 1.48. The van der Waals surface area contributed by atoms with Crippen LogP contribution in [0.25, 0.3) is 0 Å². The van der Waals surface area contributed by atoms with Gasteiger partial charge in [-0.1, -0.05) is 30.3 Å². The van der Waals surface area contributed by atoms with Gasteiger partial charge >= 0.3 is 0 Å². The quantitative estimate of drug-likeness (QED) is 0.735. The van der Waals surface area contributed by atoms with Gasteiger partial charge in [-0.3, -0.25) is 9.59 Å². The van der Waals surface area contributed by atoms with Crippen molar-refractivity contribution in [2.75, 3.05) is 34.4 Å². The smallest absolute Gasteiger partial charge is 0.254 e. The first-order valence-corrected chi connectivity index (χ1v) is 10.3. The summed E-state index contributed by atoms with van der Waals surface area (Å²) in [6.45, 7) is 3.33. The van der Waals surface area contributed by atoms with Gasteiger partial charge in [0.25, 0.3) is 5.91 Å². The van der Waals surface area contributed by atoms with Crippen molar-refractivity contribution in [2.24, 2.45) is 5.41 Å². The SMILES string of the molecule is COc1cc(C(=O)N2CCC[C@@](C)(C(=O)NCc3ccccc3)C2)cc(OC)c1OC. The van der Waals surface area contributed by atoms with Crippen molar-refractivity contribution in [1.29, 1.82) is 0 Å². The third-order valence-corrected chi connectivity index (χ3v) is 5.74. The van der Waals surface area contributed by atoms with Crippen LogP contribution in [-0.2, 0) is 11.3 Å². The molecular weight excluding hydrogens is 396 g/mol. The van der Waals surface area contributed by atoms with Crippen molar-refractivity contribution in [3.63, 3.8) is 0 Å². The Labute approximate surface area is 183 Å². The molecule has 1 aliphatic heterocycles. The van der Waals surface area contributed by atoms with Crippen LogP contribution in [0.4, 0.5) is 0 Å². The van der Waals surface area contributed by atoms with E-state index >= 15 is 0 Å². The molecule has 0 bridgehead atoms. The molecule has 1 N–H and O–H groups in total. The fourth-order valence-electron chi connectivity index (χ4n) is 3.98. The third kappa shape index (κ3) is 4.93. The number of benzene rings is 2. The zero-order chi connectivity index (χ0) is 22.4. The summed E-state index contributed by atoms with van der Waals surface area (Å²) in [7, 11) is 4.55. The molecule has 2 aromatic carbocycles. The maximum atomic E-state index is 13.3. The first-order valence-electron chi connectivity index (χ1n) is 10.3. The van der Waals surface area contributed by atoms with Crippen LogP contribution in [0.1, 0.15) is 35.7 Å². The lowest BCUT2D eigenvalue weighted by molar-refractivity contribution is -0.132. The third-order valence-electron chi connectivity index (χ3n) is 5.74. The Balaban J connectivity index is 1.75. The van der Waals surface area contributed by atoms with Gasteiger partial charge in [0.05, 0.1) is 26.7 Å². The summed E-state index contributed by atoms with van der Waals surface area (Å²) in [5.41, 5.74) is 0.827. The molecule has 3 rings (SSSR count). The highest BCUT2D eigenvalue weighted by Crippen LogP contribution is 2.39. The zero-order valence-electron chi connectivity index (χ0n) is 18.6. The Bertz CT molecular complexity index is 906. The summed E-state index contributed by atoms with van der Waals surface area (Å²) in [5, 5.41) is 3.03. The lowest BCUT2D eigenvalue weighted by Gasteiger charge is -2.39. The molecule has 7 nitrogen and oxygen atoms in total. The zero-order valence-corrected chi connectivity index (χ0v) is 18.6. The number of rotatable bonds is 7. The largest absolute Gasteiger partial charge is 0.493 e. The van der Waals surface area contributed by atoms with Gasteiger partial charge < -0.3 is 24.4 Å². The van der Waals surface area contributed by atoms with E-state index in [1.807, 2.05) is 37.3 Å². The van der Waals surface area contributed by atoms with E-state index in [1.165, 1.54) is 21.3 Å². The van der Waals surface area contributed by atoms with Gasteiger partial charge in [0.2, 0.25) is 11.7 Å². The Hall–Kier alpha value is -3.22. The van der Waals surface area contributed by atoms with Crippen LogP contribution >= 0.6 is 0 Å². The van der Waals surface area contributed by atoms with Crippen molar-refractivity contribution in [3.8, 4) is 17.2 Å². The Morgan fingerprint density at radius 1 is 1.03 bits per heavy atom. The number of ether oxygens (including phenoxy) is 3. The molecule has 31 heavy (non-hydrogen) atoms. The predicted molar refractivity (Wildman–Crippen MR) is 118 cm³/mol. The molecular formula is C24H30N2O5. The summed E-state index contributed by atoms with van der Waals surface area (Å²) < 4.78 is 16.1. The van der Waals surface area contributed by atoms with Gasteiger partial charge in [-0.05, 0) is 37.5 Å². The summed E-state index contributed by atoms with van der Waals surface area (Å²) in [4.78, 5) is 28.0. The maximum absolute atomic E-state index is 13.3. The summed E-state index contributed by atoms with van der Waals surface area (Å²) in [6, 6.07) is 13.1. The number of nitrogens with zero attached hydrogens (tertiary/aromatic N) is 1. The maximum Gasteiger partial charge on any atom is 0.254 e. The second kappa shape index (κ2) is 9.73. The fourth-order valence-corrected chi connectivity index (χ4v) is 3.98. The molecule has 1 atom stereocenters. The molecule has 0 radical (unpaired) electrons. The fraction of sp³-hybridized carbons (Fsp3) is 0.417. The average molecular weight is 427 g/mol. The highest BCUT2D eigenvalue weighted by molar-refractivity contribution is 5.96. The predicted octanol–water partition coefficient (Wildman–Crippen LogP) is 3.27. The molecule has 0 unspecified atom stereocenters. The van der Waals surface area contributed by atoms with Crippen LogP contribution < -0.4 is 19.5 Å². The van der Waals surface area contributed by atoms with E-state index in [9.17, 15) is 9.59 Å². The molecule has 1 heterocycles. The van der Waals surface area contributed by atoms with E-state index in [2.05, 4.69) is 5.32 Å². The van der Waals surface area contributed by atoms with Crippen molar-refractivity contribution < 1.29 is 23.8 Å². The number of carbonyl (C=O) groups excluding carboxylic acids is 2. The number of likely N-dealkylation sites (tertiary alicyclic amines) is 1. The minimum Gasteiger partial charge on any atom is -0.493 e. The molecule has 0 saturated carbocycles. The molecule has 166 valence electrons. The molecule has 1 fully saturated rings. The summed E-state index contributed by atoms with van der Waals surface area (Å²) in [5.74, 6) is 1.07. The Morgan fingerprint density at radius 3 is 2.26 bits per heavy atom. The van der Waals surface area contributed by atoms with Gasteiger partial charge in [0, 0.05) is 25.2 Å². The number of methoxy groups -OCH3 is 3. The Kier molecular flexibility index (Phi) is 7.05. The molecule has 2 aromatic rings. The van der Waals surface area contributed by atoms with E-state index in [0.717, 1.165) is 18.4 Å². The van der Waals surface area contributed by atoms with Crippen molar-refractivity contribution in [2.45, 2.75) is 26.3 Å². The van der Waals surface area contributed by atoms with Crippen LogP contribution in [0.5, 0.6) is 17.2 Å². The van der Waals surface area contributed by atoms with E-state index in [1.54, 1.807) is 17.0 Å². The standard InChI is InChI=1S/C24H30N2O5/c1-24(23(28)25-15-17-9-6-5-7-10-17)11-8-12-26(16-24)22(27)18-13-19(29-2)21(31-4)20(14-18)30-3/h5-7,9-10,13-14H,8,11-12,15-16H2,1-4H3,(H,25,28)/t24-/m1/s1. The van der Waals surface area contributed by atoms with Gasteiger partial charge in [-0.25, -0.2) is 0 Å². The first kappa shape index (κ1) is 22.5. The van der Waals surface area contributed by atoms with Gasteiger partial charge in [-0.2, -0.15) is 0 Å². The van der Waals surface area contributed by atoms with Crippen LogP contribution in [-0.4, -0.2) is 51.1 Å². The minimum atomic E-state index is -0.649. The van der Waals surface area contributed by atoms with Crippen LogP contribution in [0.15, 0.2) is 42.5 Å². The number of nitrogens with one attached hydrogen (secondary N) is 1. The van der Waals surface area contributed by atoms with Crippen molar-refractivity contribution >= 4 is 11.8 Å². The van der Waals surface area contributed by atoms with Crippen LogP contribution in [0.3, 0.4) is 0 Å². The van der Waals surface area contributed by atoms with Gasteiger partial charge in [0.1, 0.15) is 0 Å². The number of hydrogen-bond donors (Lipinski definition) is 1. The van der Waals surface area contributed by atoms with E-state index in [4.69, 9.17) is 14.2 Å². The molecule has 2 amide bonds. The second-order valence-corrected chi connectivity index (χ2v) is 7.97. The topological polar surface area (TPSA) is 77.1 Å². The van der Waals surface area contributed by atoms with Gasteiger partial charge in [-0.15, -0.1) is 0 Å². The second-order valence-electron chi connectivity index (χ2n) is 7.97. The molecule has 1 aliphatic rings. The lowest BCUT2D eigenvalue weighted by Crippen LogP contribution is -2.51. The van der Waals surface area contributed by atoms with Crippen molar-refractivity contribution in [3.05, 3.63) is 53.6 Å². The summed E-state index contributed by atoms with van der Waals surface area (Å²) >= 11 is 0. The molecule has 1 saturated heterocycles.